The van der Waals surface area contributed by atoms with Gasteiger partial charge in [-0.2, -0.15) is 0 Å². The number of H-pyrrole nitrogens is 2. The number of nitrogens with one attached hydrogen (secondary N) is 11. The van der Waals surface area contributed by atoms with Gasteiger partial charge >= 0.3 is 5.97 Å². The molecule has 708 valence electrons. The highest BCUT2D eigenvalue weighted by Crippen LogP contribution is 2.30. The first-order valence-electron chi connectivity index (χ1n) is 43.6. The normalized spacial score (nSPS) is 25.4. The number of hydrogen-bond acceptors (Lipinski definition) is 23. The number of fused-ring (bicyclic) bond motifs is 4. The van der Waals surface area contributed by atoms with Crippen molar-refractivity contribution in [3.63, 3.8) is 0 Å². The number of aliphatic hydroxyl groups excluding tert-OH is 2. The number of aromatic nitrogens is 2. The van der Waals surface area contributed by atoms with E-state index in [1.807, 2.05) is 13.8 Å². The number of thioether (sulfide) groups is 1. The van der Waals surface area contributed by atoms with Gasteiger partial charge in [0.25, 0.3) is 0 Å². The number of unbranched alkanes of at least 4 members (excludes halogenated alkanes) is 2. The Hall–Kier alpha value is -12.6. The highest BCUT2D eigenvalue weighted by molar-refractivity contribution is 8.00. The number of carboxylic acids is 1. The molecular weight excluding hydrogens is 1710 g/mol. The molecule has 15 atom stereocenters. The van der Waals surface area contributed by atoms with Gasteiger partial charge in [0.2, 0.25) is 94.5 Å². The van der Waals surface area contributed by atoms with Gasteiger partial charge in [0.05, 0.1) is 37.5 Å². The quantitative estimate of drug-likeness (QED) is 0.0310. The Morgan fingerprint density at radius 3 is 1.72 bits per heavy atom. The predicted octanol–water partition coefficient (Wildman–Crippen LogP) is -2.24. The number of carbonyl (C=O) groups is 18. The Morgan fingerprint density at radius 2 is 1.12 bits per heavy atom. The summed E-state index contributed by atoms with van der Waals surface area (Å²) < 4.78 is 0. The third-order valence-corrected chi connectivity index (χ3v) is 24.6. The molecule has 3 aliphatic rings. The van der Waals surface area contributed by atoms with Gasteiger partial charge in [-0.1, -0.05) is 102 Å². The number of aliphatic carboxylic acids is 1. The van der Waals surface area contributed by atoms with E-state index < -0.39 is 267 Å². The zero-order valence-corrected chi connectivity index (χ0v) is 75.1. The van der Waals surface area contributed by atoms with Crippen molar-refractivity contribution in [1.29, 1.82) is 0 Å². The van der Waals surface area contributed by atoms with Crippen LogP contribution in [0.3, 0.4) is 0 Å². The van der Waals surface area contributed by atoms with Crippen molar-refractivity contribution < 1.29 is 107 Å². The number of rotatable bonds is 24. The SMILES string of the molecule is CCCC[C@H]1C(=O)N(C)[C@@H](CCCC)C(=O)N[C@@H](CC(C)C)C(=O)N[C@H](C(=O)NCC(N)=O)CSCC(=O)N[C@@H](Cc2ccc(O)cc2)C(=O)N(C)[C@@H](C)C(=O)N[C@@H](CC(N)=O)C(=O)N2CCC[C@H]2C(=O)N[C@@H](CN)C(=O)N[C@@H](CCC(=O)O)C(=O)N2C[C@H](O)C[C@H]2C(=O)C[C@@H](Cc2c[nH]c3ccccc23)C(=O)N[C@@H](CO)C(=O)N[C@@H](Cc2c[nH]c3ccccc23)C(=O)N1C. The third-order valence-electron chi connectivity index (χ3n) is 23.5. The molecule has 16 amide bonds. The third kappa shape index (κ3) is 28.2. The molecule has 0 bridgehead atoms. The molecule has 3 fully saturated rings. The van der Waals surface area contributed by atoms with Crippen LogP contribution < -0.4 is 65.1 Å². The molecule has 130 heavy (non-hydrogen) atoms. The van der Waals surface area contributed by atoms with Gasteiger partial charge < -0.3 is 120 Å². The van der Waals surface area contributed by atoms with Crippen LogP contribution in [-0.4, -0.2) is 311 Å². The first-order valence-corrected chi connectivity index (χ1v) is 44.8. The van der Waals surface area contributed by atoms with Crippen molar-refractivity contribution in [3.05, 3.63) is 102 Å². The molecule has 0 radical (unpaired) electrons. The predicted molar refractivity (Wildman–Crippen MR) is 475 cm³/mol. The van der Waals surface area contributed by atoms with E-state index in [4.69, 9.17) is 17.2 Å². The van der Waals surface area contributed by atoms with Gasteiger partial charge in [-0.3, -0.25) is 86.3 Å². The van der Waals surface area contributed by atoms with Crippen LogP contribution in [0.1, 0.15) is 141 Å². The molecule has 41 nitrogen and oxygen atoms in total. The molecule has 3 aliphatic heterocycles. The first kappa shape index (κ1) is 103. The second kappa shape index (κ2) is 48.7. The maximum Gasteiger partial charge on any atom is 0.303 e. The summed E-state index contributed by atoms with van der Waals surface area (Å²) in [6.07, 6.45) is -0.668. The number of benzene rings is 3. The largest absolute Gasteiger partial charge is 0.508 e. The molecule has 2 aromatic heterocycles. The van der Waals surface area contributed by atoms with Crippen LogP contribution in [0, 0.1) is 11.8 Å². The van der Waals surface area contributed by atoms with E-state index in [2.05, 4.69) is 57.8 Å². The highest BCUT2D eigenvalue weighted by atomic mass is 32.2. The van der Waals surface area contributed by atoms with Gasteiger partial charge in [0, 0.05) is 119 Å². The first-order chi connectivity index (χ1) is 61.8. The number of carbonyl (C=O) groups excluding carboxylic acids is 17. The summed E-state index contributed by atoms with van der Waals surface area (Å²) in [6.45, 7) is 5.24. The molecule has 5 aromatic rings. The lowest BCUT2D eigenvalue weighted by Crippen LogP contribution is -2.61. The van der Waals surface area contributed by atoms with Crippen molar-refractivity contribution in [2.75, 3.05) is 65.4 Å². The maximum atomic E-state index is 15.7. The number of likely N-dealkylation sites (N-methyl/N-ethyl adjacent to an activating group) is 3. The second-order valence-electron chi connectivity index (χ2n) is 33.7. The van der Waals surface area contributed by atoms with Gasteiger partial charge in [-0.15, -0.1) is 11.8 Å². The van der Waals surface area contributed by atoms with Gasteiger partial charge in [-0.25, -0.2) is 0 Å². The number of aromatic hydroxyl groups is 1. The van der Waals surface area contributed by atoms with Gasteiger partial charge in [0.15, 0.2) is 5.78 Å². The Kier molecular flexibility index (Phi) is 38.5. The molecule has 21 N–H and O–H groups in total. The summed E-state index contributed by atoms with van der Waals surface area (Å²) in [5.41, 5.74) is 19.9. The maximum absolute atomic E-state index is 15.7. The van der Waals surface area contributed by atoms with E-state index in [1.54, 1.807) is 74.8 Å². The summed E-state index contributed by atoms with van der Waals surface area (Å²) in [7, 11) is 3.91. The summed E-state index contributed by atoms with van der Waals surface area (Å²) in [5, 5.41) is 67.1. The summed E-state index contributed by atoms with van der Waals surface area (Å²) in [4.78, 5) is 271. The van der Waals surface area contributed by atoms with Gasteiger partial charge in [0.1, 0.15) is 78.3 Å². The number of nitrogens with two attached hydrogens (primary N) is 3. The average molecular weight is 1830 g/mol. The summed E-state index contributed by atoms with van der Waals surface area (Å²) in [6, 6.07) is -0.994. The molecule has 0 saturated carbocycles. The van der Waals surface area contributed by atoms with Crippen molar-refractivity contribution in [1.82, 2.24) is 82.3 Å². The smallest absolute Gasteiger partial charge is 0.303 e. The number of nitrogens with zero attached hydrogens (tertiary/aromatic N) is 5. The Balaban J connectivity index is 1.18. The summed E-state index contributed by atoms with van der Waals surface area (Å²) >= 11 is 0.782. The van der Waals surface area contributed by atoms with Crippen LogP contribution >= 0.6 is 11.8 Å². The lowest BCUT2D eigenvalue weighted by molar-refractivity contribution is -0.149. The van der Waals surface area contributed by atoms with Crippen LogP contribution in [-0.2, 0) is 106 Å². The van der Waals surface area contributed by atoms with E-state index in [0.717, 1.165) is 31.4 Å². The lowest BCUT2D eigenvalue weighted by Gasteiger charge is -2.36. The number of phenolic OH excluding ortho intramolecular Hbond substituents is 1. The van der Waals surface area contributed by atoms with Crippen molar-refractivity contribution >= 4 is 140 Å². The van der Waals surface area contributed by atoms with Crippen LogP contribution in [0.15, 0.2) is 85.2 Å². The molecule has 5 heterocycles. The van der Waals surface area contributed by atoms with E-state index in [9.17, 15) is 73.2 Å². The number of phenols is 1. The Bertz CT molecular complexity index is 4910. The minimum Gasteiger partial charge on any atom is -0.508 e. The van der Waals surface area contributed by atoms with Gasteiger partial charge in [-0.05, 0) is 98.7 Å². The van der Waals surface area contributed by atoms with E-state index >= 15 is 33.6 Å². The number of para-hydroxylation sites is 2. The van der Waals surface area contributed by atoms with Crippen molar-refractivity contribution in [2.45, 2.75) is 228 Å². The van der Waals surface area contributed by atoms with Crippen LogP contribution in [0.2, 0.25) is 0 Å². The zero-order chi connectivity index (χ0) is 95.5. The molecule has 3 aromatic carbocycles. The minimum absolute atomic E-state index is 0.00617. The monoisotopic (exact) mass is 1830 g/mol. The molecule has 3 saturated heterocycles. The number of aliphatic hydroxyl groups is 2. The number of Topliss-reactive ketones (excluding diaryl/α,β-unsaturated/α-hetero) is 1. The fraction of sp³-hybridized carbons (Fsp3) is 0.545. The standard InChI is InChI=1S/C88H123N19O22S/c1-9-11-22-67-82(123)97-60(32-47(3)4)79(120)102-66(78(119)94-42-73(91)113)45-130-46-74(114)95-61(33-49-25-27-53(109)28-26-49)84(125)103(6)48(5)76(117)98-63(38-72(90)112)87(128)106-31-17-24-68(106)83(124)100-64(39-89)80(121)96-59(29-30-75(115)116)86(127)107-43-54(110)37-70(107)71(111)36-50(34-51-40-92-57-20-15-13-18-55(51)57)77(118)101-65(44-108)81(122)99-62(35-52-41-93-58-21-16-14-19-56(52)58)85(126)105(8)69(23-12-10-2)88(129)104(67)7/h13-16,18-21,25-28,40-41,47-48,50,54,59-70,92-93,108-110H,9-12,17,22-24,29-39,42-46,89H2,1-8H3,(H2,90,112)(H2,91,113)(H,94,119)(H,95,114)(H,96,121)(H,97,123)(H,98,117)(H,99,122)(H,100,124)(H,101,118)(H,102,120)(H,115,116)/t48-,50+,54+,59-,60-,61-,62-,63-,64-,65-,66-,67-,68-,69-,70-/m0/s1. The average Bonchev–Trinajstić information content (AvgIpc) is 1.56. The van der Waals surface area contributed by atoms with Crippen molar-refractivity contribution in [3.8, 4) is 5.75 Å². The lowest BCUT2D eigenvalue weighted by atomic mass is 9.90. The van der Waals surface area contributed by atoms with Crippen LogP contribution in [0.5, 0.6) is 5.75 Å². The minimum atomic E-state index is -1.88. The number of carboxylic acid groups (broad SMARTS) is 1. The number of aromatic amines is 2. The Morgan fingerprint density at radius 1 is 0.569 bits per heavy atom. The van der Waals surface area contributed by atoms with Crippen molar-refractivity contribution in [2.24, 2.45) is 29.0 Å². The van der Waals surface area contributed by atoms with Crippen LogP contribution in [0.4, 0.5) is 0 Å². The number of hydrogen-bond donors (Lipinski definition) is 18. The van der Waals surface area contributed by atoms with E-state index in [1.165, 1.54) is 57.2 Å². The summed E-state index contributed by atoms with van der Waals surface area (Å²) in [5.74, 6) is -20.6. The number of ketones is 1. The molecule has 0 spiro atoms. The van der Waals surface area contributed by atoms with E-state index in [0.29, 0.717) is 64.2 Å². The zero-order valence-electron chi connectivity index (χ0n) is 74.3. The molecule has 0 aliphatic carbocycles. The topological polar surface area (TPSA) is 622 Å². The molecule has 8 rings (SSSR count). The fourth-order valence-corrected chi connectivity index (χ4v) is 17.1. The fourth-order valence-electron chi connectivity index (χ4n) is 16.2. The number of amides is 16. The molecular formula is C88H123N19O22S. The Labute approximate surface area is 755 Å². The van der Waals surface area contributed by atoms with Crippen LogP contribution in [0.25, 0.3) is 21.8 Å². The van der Waals surface area contributed by atoms with E-state index in [-0.39, 0.29) is 69.6 Å². The highest BCUT2D eigenvalue weighted by Gasteiger charge is 2.47. The number of primary amides is 2. The molecule has 0 unspecified atom stereocenters. The molecule has 42 heteroatoms. The second-order valence-corrected chi connectivity index (χ2v) is 34.7.